The summed E-state index contributed by atoms with van der Waals surface area (Å²) in [5, 5.41) is 0.599. The van der Waals surface area contributed by atoms with Crippen molar-refractivity contribution in [3.63, 3.8) is 0 Å². The molecule has 2 aromatic rings. The summed E-state index contributed by atoms with van der Waals surface area (Å²) in [6.07, 6.45) is 0. The van der Waals surface area contributed by atoms with Gasteiger partial charge in [0.2, 0.25) is 0 Å². The van der Waals surface area contributed by atoms with Gasteiger partial charge in [-0.15, -0.1) is 0 Å². The van der Waals surface area contributed by atoms with Gasteiger partial charge in [0, 0.05) is 36.3 Å². The molecule has 5 heteroatoms. The third-order valence-electron chi connectivity index (χ3n) is 2.63. The molecule has 0 aliphatic heterocycles. The van der Waals surface area contributed by atoms with Crippen molar-refractivity contribution in [3.8, 4) is 5.75 Å². The van der Waals surface area contributed by atoms with Gasteiger partial charge in [-0.2, -0.15) is 0 Å². The van der Waals surface area contributed by atoms with Gasteiger partial charge in [-0.05, 0) is 18.2 Å². The predicted octanol–water partition coefficient (Wildman–Crippen LogP) is 1.01. The largest absolute Gasteiger partial charge is 0.491 e. The second kappa shape index (κ2) is 5.66. The summed E-state index contributed by atoms with van der Waals surface area (Å²) in [6.45, 7) is 1.29. The SMILES string of the molecule is COCCOc1ccc2[nH]c(CN)cc(=O)c2c1. The molecule has 0 aliphatic rings. The molecular formula is C13H16N2O3. The van der Waals surface area contributed by atoms with Crippen LogP contribution in [0.15, 0.2) is 29.1 Å². The first-order valence-electron chi connectivity index (χ1n) is 5.72. The van der Waals surface area contributed by atoms with Crippen LogP contribution in [0.3, 0.4) is 0 Å². The molecule has 96 valence electrons. The van der Waals surface area contributed by atoms with Crippen molar-refractivity contribution in [2.45, 2.75) is 6.54 Å². The molecule has 3 N–H and O–H groups in total. The molecule has 0 radical (unpaired) electrons. The summed E-state index contributed by atoms with van der Waals surface area (Å²) in [7, 11) is 1.61. The minimum Gasteiger partial charge on any atom is -0.491 e. The van der Waals surface area contributed by atoms with Crippen LogP contribution >= 0.6 is 0 Å². The Morgan fingerprint density at radius 3 is 2.83 bits per heavy atom. The average Bonchev–Trinajstić information content (AvgIpc) is 2.39. The van der Waals surface area contributed by atoms with Crippen molar-refractivity contribution in [1.82, 2.24) is 4.98 Å². The van der Waals surface area contributed by atoms with Gasteiger partial charge in [-0.1, -0.05) is 0 Å². The first kappa shape index (κ1) is 12.6. The highest BCUT2D eigenvalue weighted by Crippen LogP contribution is 2.17. The number of benzene rings is 1. The topological polar surface area (TPSA) is 77.3 Å². The van der Waals surface area contributed by atoms with Crippen LogP contribution in [0.25, 0.3) is 10.9 Å². The Morgan fingerprint density at radius 2 is 2.11 bits per heavy atom. The number of ether oxygens (including phenoxy) is 2. The third kappa shape index (κ3) is 2.69. The lowest BCUT2D eigenvalue weighted by atomic mass is 10.2. The molecule has 5 nitrogen and oxygen atoms in total. The van der Waals surface area contributed by atoms with Gasteiger partial charge >= 0.3 is 0 Å². The van der Waals surface area contributed by atoms with Crippen molar-refractivity contribution in [2.24, 2.45) is 5.73 Å². The summed E-state index contributed by atoms with van der Waals surface area (Å²) >= 11 is 0. The molecule has 0 bridgehead atoms. The van der Waals surface area contributed by atoms with Crippen LogP contribution in [0.4, 0.5) is 0 Å². The molecule has 18 heavy (non-hydrogen) atoms. The molecule has 0 amide bonds. The summed E-state index contributed by atoms with van der Waals surface area (Å²) in [5.41, 5.74) is 6.95. The minimum absolute atomic E-state index is 0.0543. The number of pyridine rings is 1. The van der Waals surface area contributed by atoms with Crippen molar-refractivity contribution in [2.75, 3.05) is 20.3 Å². The van der Waals surface area contributed by atoms with Crippen LogP contribution < -0.4 is 15.9 Å². The summed E-state index contributed by atoms with van der Waals surface area (Å²) < 4.78 is 10.4. The maximum Gasteiger partial charge on any atom is 0.189 e. The first-order chi connectivity index (χ1) is 8.74. The van der Waals surface area contributed by atoms with Gasteiger partial charge in [-0.25, -0.2) is 0 Å². The maximum absolute atomic E-state index is 11.9. The Hall–Kier alpha value is -1.85. The van der Waals surface area contributed by atoms with Gasteiger partial charge in [0.1, 0.15) is 12.4 Å². The molecule has 0 unspecified atom stereocenters. The fourth-order valence-corrected chi connectivity index (χ4v) is 1.72. The van der Waals surface area contributed by atoms with E-state index in [-0.39, 0.29) is 5.43 Å². The van der Waals surface area contributed by atoms with E-state index in [1.54, 1.807) is 13.2 Å². The number of hydrogen-bond acceptors (Lipinski definition) is 4. The number of nitrogens with one attached hydrogen (secondary N) is 1. The lowest BCUT2D eigenvalue weighted by Gasteiger charge is -2.07. The fourth-order valence-electron chi connectivity index (χ4n) is 1.72. The van der Waals surface area contributed by atoms with Crippen LogP contribution in [0.5, 0.6) is 5.75 Å². The van der Waals surface area contributed by atoms with Gasteiger partial charge in [-0.3, -0.25) is 4.79 Å². The van der Waals surface area contributed by atoms with Gasteiger partial charge in [0.15, 0.2) is 5.43 Å². The average molecular weight is 248 g/mol. The molecule has 0 saturated heterocycles. The predicted molar refractivity (Wildman–Crippen MR) is 69.8 cm³/mol. The molecule has 0 saturated carbocycles. The number of rotatable bonds is 5. The maximum atomic E-state index is 11.9. The van der Waals surface area contributed by atoms with Crippen LogP contribution in [0.1, 0.15) is 5.69 Å². The second-order valence-corrected chi connectivity index (χ2v) is 3.91. The van der Waals surface area contributed by atoms with Crippen LogP contribution in [0, 0.1) is 0 Å². The monoisotopic (exact) mass is 248 g/mol. The van der Waals surface area contributed by atoms with E-state index in [2.05, 4.69) is 4.98 Å². The van der Waals surface area contributed by atoms with Crippen molar-refractivity contribution < 1.29 is 9.47 Å². The quantitative estimate of drug-likeness (QED) is 0.774. The number of fused-ring (bicyclic) bond motifs is 1. The zero-order valence-electron chi connectivity index (χ0n) is 10.2. The summed E-state index contributed by atoms with van der Waals surface area (Å²) in [6, 6.07) is 6.87. The molecule has 0 fully saturated rings. The zero-order chi connectivity index (χ0) is 13.0. The fraction of sp³-hybridized carbons (Fsp3) is 0.308. The second-order valence-electron chi connectivity index (χ2n) is 3.91. The summed E-state index contributed by atoms with van der Waals surface area (Å²) in [4.78, 5) is 15.0. The van der Waals surface area contributed by atoms with Crippen LogP contribution in [0.2, 0.25) is 0 Å². The highest BCUT2D eigenvalue weighted by Gasteiger charge is 2.03. The molecule has 0 aliphatic carbocycles. The standard InChI is InChI=1S/C13H16N2O3/c1-17-4-5-18-10-2-3-12-11(7-10)13(16)6-9(8-14)15-12/h2-3,6-7H,4-5,8,14H2,1H3,(H,15,16). The Kier molecular flexibility index (Phi) is 3.96. The Balaban J connectivity index is 2.33. The van der Waals surface area contributed by atoms with E-state index in [1.165, 1.54) is 6.07 Å². The van der Waals surface area contributed by atoms with E-state index in [0.29, 0.717) is 30.9 Å². The normalized spacial score (nSPS) is 10.8. The summed E-state index contributed by atoms with van der Waals surface area (Å²) in [5.74, 6) is 0.658. The molecule has 1 heterocycles. The lowest BCUT2D eigenvalue weighted by Crippen LogP contribution is -2.09. The van der Waals surface area contributed by atoms with E-state index < -0.39 is 0 Å². The zero-order valence-corrected chi connectivity index (χ0v) is 10.2. The number of hydrogen-bond donors (Lipinski definition) is 2. The van der Waals surface area contributed by atoms with Crippen molar-refractivity contribution in [1.29, 1.82) is 0 Å². The molecule has 0 atom stereocenters. The molecule has 2 rings (SSSR count). The number of nitrogens with two attached hydrogens (primary N) is 1. The molecule has 1 aromatic heterocycles. The van der Waals surface area contributed by atoms with Crippen LogP contribution in [-0.4, -0.2) is 25.3 Å². The van der Waals surface area contributed by atoms with Gasteiger partial charge in [0.25, 0.3) is 0 Å². The first-order valence-corrected chi connectivity index (χ1v) is 5.72. The number of aromatic nitrogens is 1. The Labute approximate surface area is 105 Å². The highest BCUT2D eigenvalue weighted by molar-refractivity contribution is 5.80. The number of methoxy groups -OCH3 is 1. The van der Waals surface area contributed by atoms with Gasteiger partial charge < -0.3 is 20.2 Å². The molecule has 0 spiro atoms. The highest BCUT2D eigenvalue weighted by atomic mass is 16.5. The van der Waals surface area contributed by atoms with E-state index in [9.17, 15) is 4.79 Å². The molecule has 1 aromatic carbocycles. The Morgan fingerprint density at radius 1 is 1.28 bits per heavy atom. The minimum atomic E-state index is -0.0543. The lowest BCUT2D eigenvalue weighted by molar-refractivity contribution is 0.146. The van der Waals surface area contributed by atoms with E-state index in [4.69, 9.17) is 15.2 Å². The number of H-pyrrole nitrogens is 1. The van der Waals surface area contributed by atoms with Crippen LogP contribution in [-0.2, 0) is 11.3 Å². The van der Waals surface area contributed by atoms with Crippen molar-refractivity contribution in [3.05, 3.63) is 40.2 Å². The number of aromatic amines is 1. The van der Waals surface area contributed by atoms with E-state index >= 15 is 0 Å². The Bertz CT molecular complexity index is 592. The molecular weight excluding hydrogens is 232 g/mol. The smallest absolute Gasteiger partial charge is 0.189 e. The van der Waals surface area contributed by atoms with Crippen molar-refractivity contribution >= 4 is 10.9 Å². The van der Waals surface area contributed by atoms with Gasteiger partial charge in [0.05, 0.1) is 6.61 Å². The van der Waals surface area contributed by atoms with E-state index in [1.807, 2.05) is 12.1 Å². The van der Waals surface area contributed by atoms with E-state index in [0.717, 1.165) is 11.2 Å². The third-order valence-corrected chi connectivity index (χ3v) is 2.63.